The summed E-state index contributed by atoms with van der Waals surface area (Å²) in [7, 11) is 0.887. The third-order valence-electron chi connectivity index (χ3n) is 5.74. The van der Waals surface area contributed by atoms with Crippen molar-refractivity contribution in [3.8, 4) is 16.9 Å². The van der Waals surface area contributed by atoms with Crippen LogP contribution in [0.5, 0.6) is 5.75 Å². The van der Waals surface area contributed by atoms with E-state index in [1.165, 1.54) is 17.7 Å². The highest BCUT2D eigenvalue weighted by Crippen LogP contribution is 2.38. The third kappa shape index (κ3) is 3.23. The van der Waals surface area contributed by atoms with Crippen molar-refractivity contribution >= 4 is 29.8 Å². The Bertz CT molecular complexity index is 1140. The van der Waals surface area contributed by atoms with Crippen molar-refractivity contribution in [2.45, 2.75) is 38.9 Å². The molecule has 150 valence electrons. The molecule has 6 nitrogen and oxygen atoms in total. The minimum atomic E-state index is -0.557. The summed E-state index contributed by atoms with van der Waals surface area (Å²) in [4.78, 5) is 16.7. The molecule has 2 aromatic heterocycles. The maximum atomic E-state index is 12.4. The van der Waals surface area contributed by atoms with E-state index in [1.807, 2.05) is 58.0 Å². The Morgan fingerprint density at radius 2 is 1.83 bits per heavy atom. The minimum Gasteiger partial charge on any atom is -0.490 e. The Balaban J connectivity index is 1.77. The first-order valence-corrected chi connectivity index (χ1v) is 9.72. The van der Waals surface area contributed by atoms with Gasteiger partial charge in [-0.1, -0.05) is 29.8 Å². The Kier molecular flexibility index (Phi) is 4.72. The quantitative estimate of drug-likeness (QED) is 0.618. The van der Waals surface area contributed by atoms with Crippen LogP contribution in [0.25, 0.3) is 16.8 Å². The third-order valence-corrected chi connectivity index (χ3v) is 6.17. The number of halogens is 1. The van der Waals surface area contributed by atoms with Crippen LogP contribution in [0.15, 0.2) is 47.5 Å². The van der Waals surface area contributed by atoms with Crippen molar-refractivity contribution in [1.82, 2.24) is 9.38 Å². The fourth-order valence-corrected chi connectivity index (χ4v) is 3.61. The summed E-state index contributed by atoms with van der Waals surface area (Å²) in [6, 6.07) is 9.38. The number of ether oxygens (including phenoxy) is 1. The second-order valence-electron chi connectivity index (χ2n) is 8.07. The zero-order valence-corrected chi connectivity index (χ0v) is 17.8. The molecule has 0 aliphatic carbocycles. The largest absolute Gasteiger partial charge is 0.496 e. The van der Waals surface area contributed by atoms with Crippen molar-refractivity contribution in [1.29, 1.82) is 0 Å². The van der Waals surface area contributed by atoms with E-state index in [1.54, 1.807) is 6.20 Å². The van der Waals surface area contributed by atoms with Crippen LogP contribution in [-0.2, 0) is 9.31 Å². The molecule has 4 rings (SSSR count). The van der Waals surface area contributed by atoms with E-state index >= 15 is 0 Å². The average Bonchev–Trinajstić information content (AvgIpc) is 2.89. The van der Waals surface area contributed by atoms with E-state index < -0.39 is 18.3 Å². The van der Waals surface area contributed by atoms with Crippen LogP contribution in [0.3, 0.4) is 0 Å². The maximum absolute atomic E-state index is 12.4. The highest BCUT2D eigenvalue weighted by molar-refractivity contribution is 6.66. The highest BCUT2D eigenvalue weighted by Gasteiger charge is 2.52. The highest BCUT2D eigenvalue weighted by atomic mass is 35.5. The molecule has 0 unspecified atom stereocenters. The van der Waals surface area contributed by atoms with Gasteiger partial charge in [0.2, 0.25) is 5.75 Å². The number of rotatable bonds is 3. The SMILES string of the molecule is COc1cnc2cc(-c3cccc(B4OC(C)(C)C(C)(C)O4)c3Cl)ccn2c1=O. The van der Waals surface area contributed by atoms with Crippen molar-refractivity contribution in [3.05, 3.63) is 58.1 Å². The molecule has 1 aliphatic heterocycles. The molecule has 3 aromatic rings. The molecule has 0 amide bonds. The van der Waals surface area contributed by atoms with Gasteiger partial charge in [0.15, 0.2) is 0 Å². The topological polar surface area (TPSA) is 62.1 Å². The van der Waals surface area contributed by atoms with Gasteiger partial charge in [-0.05, 0) is 45.4 Å². The van der Waals surface area contributed by atoms with Gasteiger partial charge in [0.25, 0.3) is 5.56 Å². The average molecular weight is 413 g/mol. The zero-order valence-electron chi connectivity index (χ0n) is 17.0. The molecular weight excluding hydrogens is 391 g/mol. The summed E-state index contributed by atoms with van der Waals surface area (Å²) in [5.41, 5.74) is 1.75. The van der Waals surface area contributed by atoms with Crippen LogP contribution in [0.2, 0.25) is 5.02 Å². The molecule has 0 radical (unpaired) electrons. The number of hydrogen-bond donors (Lipinski definition) is 0. The molecule has 3 heterocycles. The van der Waals surface area contributed by atoms with Gasteiger partial charge in [0.05, 0.1) is 24.5 Å². The van der Waals surface area contributed by atoms with Crippen LogP contribution in [0, 0.1) is 0 Å². The lowest BCUT2D eigenvalue weighted by molar-refractivity contribution is 0.00578. The van der Waals surface area contributed by atoms with Crippen LogP contribution in [0.4, 0.5) is 0 Å². The van der Waals surface area contributed by atoms with Crippen molar-refractivity contribution in [2.24, 2.45) is 0 Å². The normalized spacial score (nSPS) is 17.7. The first kappa shape index (κ1) is 19.9. The second kappa shape index (κ2) is 6.87. The van der Waals surface area contributed by atoms with Gasteiger partial charge < -0.3 is 14.0 Å². The molecule has 0 spiro atoms. The minimum absolute atomic E-state index is 0.191. The number of fused-ring (bicyclic) bond motifs is 1. The van der Waals surface area contributed by atoms with E-state index in [9.17, 15) is 4.79 Å². The molecule has 0 atom stereocenters. The lowest BCUT2D eigenvalue weighted by atomic mass is 9.78. The number of aromatic nitrogens is 2. The molecule has 1 fully saturated rings. The predicted molar refractivity (Wildman–Crippen MR) is 114 cm³/mol. The summed E-state index contributed by atoms with van der Waals surface area (Å²) in [5.74, 6) is 0.191. The first-order valence-electron chi connectivity index (χ1n) is 9.34. The van der Waals surface area contributed by atoms with Gasteiger partial charge in [0, 0.05) is 22.2 Å². The van der Waals surface area contributed by atoms with E-state index in [2.05, 4.69) is 4.98 Å². The van der Waals surface area contributed by atoms with Gasteiger partial charge in [-0.15, -0.1) is 0 Å². The van der Waals surface area contributed by atoms with Crippen LogP contribution >= 0.6 is 11.6 Å². The van der Waals surface area contributed by atoms with E-state index in [0.717, 1.165) is 16.6 Å². The van der Waals surface area contributed by atoms with Crippen molar-refractivity contribution < 1.29 is 14.0 Å². The number of hydrogen-bond acceptors (Lipinski definition) is 5. The first-order chi connectivity index (χ1) is 13.6. The molecule has 29 heavy (non-hydrogen) atoms. The summed E-state index contributed by atoms with van der Waals surface area (Å²) in [5, 5.41) is 0.547. The Morgan fingerprint density at radius 1 is 1.14 bits per heavy atom. The zero-order chi connectivity index (χ0) is 21.0. The van der Waals surface area contributed by atoms with Gasteiger partial charge >= 0.3 is 7.12 Å². The summed E-state index contributed by atoms with van der Waals surface area (Å²) in [6.45, 7) is 8.02. The summed E-state index contributed by atoms with van der Waals surface area (Å²) < 4.78 is 18.8. The Morgan fingerprint density at radius 3 is 2.48 bits per heavy atom. The number of nitrogens with zero attached hydrogens (tertiary/aromatic N) is 2. The van der Waals surface area contributed by atoms with E-state index in [4.69, 9.17) is 25.6 Å². The number of benzene rings is 1. The Hall–Kier alpha value is -2.35. The fourth-order valence-electron chi connectivity index (χ4n) is 3.29. The second-order valence-corrected chi connectivity index (χ2v) is 8.45. The van der Waals surface area contributed by atoms with Gasteiger partial charge in [-0.2, -0.15) is 0 Å². The van der Waals surface area contributed by atoms with E-state index in [-0.39, 0.29) is 11.3 Å². The monoisotopic (exact) mass is 412 g/mol. The van der Waals surface area contributed by atoms with Crippen molar-refractivity contribution in [2.75, 3.05) is 7.11 Å². The standard InChI is InChI=1S/C21H22BClN2O4/c1-20(2)21(3,4)29-22(28-20)15-8-6-7-14(18(15)23)13-9-10-25-17(11-13)24-12-16(27-5)19(25)26/h6-12H,1-5H3. The van der Waals surface area contributed by atoms with E-state index in [0.29, 0.717) is 10.7 Å². The van der Waals surface area contributed by atoms with Gasteiger partial charge in [-0.25, -0.2) is 4.98 Å². The van der Waals surface area contributed by atoms with Crippen LogP contribution < -0.4 is 15.8 Å². The van der Waals surface area contributed by atoms with Crippen molar-refractivity contribution in [3.63, 3.8) is 0 Å². The molecule has 1 aromatic carbocycles. The number of pyridine rings is 1. The van der Waals surface area contributed by atoms with Gasteiger partial charge in [-0.3, -0.25) is 9.20 Å². The lowest BCUT2D eigenvalue weighted by Crippen LogP contribution is -2.41. The fraction of sp³-hybridized carbons (Fsp3) is 0.333. The molecule has 0 saturated carbocycles. The van der Waals surface area contributed by atoms with Crippen LogP contribution in [0.1, 0.15) is 27.7 Å². The smallest absolute Gasteiger partial charge is 0.490 e. The molecule has 0 bridgehead atoms. The molecular formula is C21H22BClN2O4. The molecule has 8 heteroatoms. The molecule has 0 N–H and O–H groups in total. The van der Waals surface area contributed by atoms with Crippen LogP contribution in [-0.4, -0.2) is 34.8 Å². The summed E-state index contributed by atoms with van der Waals surface area (Å²) >= 11 is 6.77. The summed E-state index contributed by atoms with van der Waals surface area (Å²) in [6.07, 6.45) is 3.09. The molecule has 1 saturated heterocycles. The Labute approximate surface area is 174 Å². The maximum Gasteiger partial charge on any atom is 0.496 e. The predicted octanol–water partition coefficient (Wildman–Crippen LogP) is 3.32. The lowest BCUT2D eigenvalue weighted by Gasteiger charge is -2.32. The number of methoxy groups -OCH3 is 1. The van der Waals surface area contributed by atoms with Gasteiger partial charge in [0.1, 0.15) is 5.65 Å². The molecule has 1 aliphatic rings.